The molecule has 2 aromatic carbocycles. The molecule has 164 valence electrons. The molecule has 0 spiro atoms. The summed E-state index contributed by atoms with van der Waals surface area (Å²) in [6.45, 7) is 6.11. The minimum atomic E-state index is -0.113. The van der Waals surface area contributed by atoms with Crippen molar-refractivity contribution in [2.24, 2.45) is 7.05 Å². The number of hydrogen-bond acceptors (Lipinski definition) is 5. The second-order valence-corrected chi connectivity index (χ2v) is 9.57. The van der Waals surface area contributed by atoms with Gasteiger partial charge in [-0.05, 0) is 37.0 Å². The molecule has 4 aromatic rings. The van der Waals surface area contributed by atoms with Gasteiger partial charge < -0.3 is 5.32 Å². The average molecular weight is 464 g/mol. The number of fused-ring (bicyclic) bond motifs is 1. The van der Waals surface area contributed by atoms with Crippen LogP contribution in [-0.2, 0) is 18.3 Å². The molecule has 2 heterocycles. The Kier molecular flexibility index (Phi) is 6.48. The highest BCUT2D eigenvalue weighted by atomic mass is 32.2. The molecule has 0 aliphatic heterocycles. The van der Waals surface area contributed by atoms with Crippen LogP contribution < -0.4 is 10.9 Å². The Bertz CT molecular complexity index is 1350. The maximum absolute atomic E-state index is 12.9. The van der Waals surface area contributed by atoms with Crippen LogP contribution in [0.1, 0.15) is 23.6 Å². The van der Waals surface area contributed by atoms with Gasteiger partial charge in [0.15, 0.2) is 5.16 Å². The van der Waals surface area contributed by atoms with Gasteiger partial charge in [-0.15, -0.1) is 11.3 Å². The first-order valence-electron chi connectivity index (χ1n) is 10.5. The summed E-state index contributed by atoms with van der Waals surface area (Å²) in [6, 6.07) is 14.2. The van der Waals surface area contributed by atoms with Crippen LogP contribution in [0.3, 0.4) is 0 Å². The molecular formula is C25H25N3O2S2. The molecule has 0 aliphatic carbocycles. The highest BCUT2D eigenvalue weighted by Gasteiger charge is 2.17. The van der Waals surface area contributed by atoms with Gasteiger partial charge in [-0.25, -0.2) is 4.98 Å². The molecule has 1 amide bonds. The van der Waals surface area contributed by atoms with Crippen molar-refractivity contribution in [2.75, 3.05) is 11.1 Å². The Labute approximate surface area is 195 Å². The number of aryl methyl sites for hydroxylation is 3. The third-order valence-electron chi connectivity index (χ3n) is 5.46. The lowest BCUT2D eigenvalue weighted by Crippen LogP contribution is -2.21. The lowest BCUT2D eigenvalue weighted by Gasteiger charge is -2.13. The molecule has 4 rings (SSSR count). The van der Waals surface area contributed by atoms with Gasteiger partial charge in [-0.3, -0.25) is 14.2 Å². The molecule has 0 saturated heterocycles. The Morgan fingerprint density at radius 2 is 1.91 bits per heavy atom. The van der Waals surface area contributed by atoms with E-state index in [1.165, 1.54) is 33.2 Å². The zero-order valence-electron chi connectivity index (χ0n) is 18.6. The maximum Gasteiger partial charge on any atom is 0.271 e. The van der Waals surface area contributed by atoms with E-state index in [1.807, 2.05) is 49.6 Å². The van der Waals surface area contributed by atoms with Gasteiger partial charge >= 0.3 is 0 Å². The van der Waals surface area contributed by atoms with Gasteiger partial charge in [0.2, 0.25) is 5.91 Å². The summed E-state index contributed by atoms with van der Waals surface area (Å²) < 4.78 is 2.16. The number of carbonyl (C=O) groups excluding carboxylic acids is 1. The van der Waals surface area contributed by atoms with E-state index in [0.717, 1.165) is 34.4 Å². The van der Waals surface area contributed by atoms with E-state index in [2.05, 4.69) is 24.4 Å². The first kappa shape index (κ1) is 22.3. The first-order chi connectivity index (χ1) is 15.4. The Morgan fingerprint density at radius 1 is 1.16 bits per heavy atom. The van der Waals surface area contributed by atoms with Crippen LogP contribution >= 0.6 is 23.1 Å². The number of nitrogens with zero attached hydrogens (tertiary/aromatic N) is 2. The summed E-state index contributed by atoms with van der Waals surface area (Å²) in [6.07, 6.45) is 0.844. The number of anilines is 1. The number of aromatic nitrogens is 2. The Hall–Kier alpha value is -2.90. The maximum atomic E-state index is 12.9. The molecule has 1 N–H and O–H groups in total. The van der Waals surface area contributed by atoms with Gasteiger partial charge in [-0.1, -0.05) is 66.7 Å². The van der Waals surface area contributed by atoms with E-state index in [1.54, 1.807) is 7.05 Å². The number of nitrogens with one attached hydrogen (secondary N) is 1. The number of thiophene rings is 1. The number of benzene rings is 2. The van der Waals surface area contributed by atoms with Gasteiger partial charge in [0.25, 0.3) is 5.56 Å². The monoisotopic (exact) mass is 463 g/mol. The topological polar surface area (TPSA) is 64.0 Å². The highest BCUT2D eigenvalue weighted by Crippen LogP contribution is 2.32. The quantitative estimate of drug-likeness (QED) is 0.300. The minimum Gasteiger partial charge on any atom is -0.325 e. The summed E-state index contributed by atoms with van der Waals surface area (Å²) in [5, 5.41) is 5.55. The average Bonchev–Trinajstić information content (AvgIpc) is 3.21. The Morgan fingerprint density at radius 3 is 2.62 bits per heavy atom. The van der Waals surface area contributed by atoms with E-state index < -0.39 is 0 Å². The lowest BCUT2D eigenvalue weighted by atomic mass is 10.1. The second-order valence-electron chi connectivity index (χ2n) is 7.75. The molecule has 0 bridgehead atoms. The number of amides is 1. The fourth-order valence-electron chi connectivity index (χ4n) is 3.60. The van der Waals surface area contributed by atoms with E-state index >= 15 is 0 Å². The molecule has 0 aliphatic rings. The highest BCUT2D eigenvalue weighted by molar-refractivity contribution is 7.99. The summed E-state index contributed by atoms with van der Waals surface area (Å²) in [5.74, 6) is 0.0604. The summed E-state index contributed by atoms with van der Waals surface area (Å²) in [4.78, 5) is 30.4. The molecule has 32 heavy (non-hydrogen) atoms. The van der Waals surface area contributed by atoms with Crippen LogP contribution in [-0.4, -0.2) is 21.2 Å². The van der Waals surface area contributed by atoms with Crippen LogP contribution in [0.2, 0.25) is 0 Å². The van der Waals surface area contributed by atoms with E-state index in [-0.39, 0.29) is 17.2 Å². The van der Waals surface area contributed by atoms with Crippen molar-refractivity contribution in [3.63, 3.8) is 0 Å². The van der Waals surface area contributed by atoms with Crippen LogP contribution in [0.25, 0.3) is 21.3 Å². The largest absolute Gasteiger partial charge is 0.325 e. The zero-order chi connectivity index (χ0) is 22.8. The third-order valence-corrected chi connectivity index (χ3v) is 7.44. The fourth-order valence-corrected chi connectivity index (χ4v) is 5.35. The molecule has 0 fully saturated rings. The minimum absolute atomic E-state index is 0.0894. The number of carbonyl (C=O) groups is 1. The molecule has 0 radical (unpaired) electrons. The van der Waals surface area contributed by atoms with E-state index in [4.69, 9.17) is 4.98 Å². The van der Waals surface area contributed by atoms with Crippen molar-refractivity contribution in [3.05, 3.63) is 74.9 Å². The van der Waals surface area contributed by atoms with Gasteiger partial charge in [0, 0.05) is 23.7 Å². The number of hydrogen-bond donors (Lipinski definition) is 1. The second kappa shape index (κ2) is 9.30. The van der Waals surface area contributed by atoms with Crippen LogP contribution in [0, 0.1) is 13.8 Å². The van der Waals surface area contributed by atoms with Gasteiger partial charge in [-0.2, -0.15) is 0 Å². The molecule has 7 heteroatoms. The molecule has 2 aromatic heterocycles. The SMILES string of the molecule is CCc1cccc(C)c1NC(=O)CSc1nc2c(-c3ccc(C)cc3)csc2c(=O)n1C. The molecule has 0 unspecified atom stereocenters. The summed E-state index contributed by atoms with van der Waals surface area (Å²) in [5.41, 5.74) is 6.78. The van der Waals surface area contributed by atoms with Crippen molar-refractivity contribution in [3.8, 4) is 11.1 Å². The van der Waals surface area contributed by atoms with Crippen molar-refractivity contribution in [1.82, 2.24) is 9.55 Å². The summed E-state index contributed by atoms with van der Waals surface area (Å²) >= 11 is 2.69. The van der Waals surface area contributed by atoms with E-state index in [0.29, 0.717) is 15.4 Å². The standard InChI is InChI=1S/C25H25N3O2S2/c1-5-17-8-6-7-16(3)21(17)26-20(29)14-32-25-27-22-19(18-11-9-15(2)10-12-18)13-31-23(22)24(30)28(25)4/h6-13H,5,14H2,1-4H3,(H,26,29). The van der Waals surface area contributed by atoms with Gasteiger partial charge in [0.1, 0.15) is 4.70 Å². The normalized spacial score (nSPS) is 11.1. The lowest BCUT2D eigenvalue weighted by molar-refractivity contribution is -0.113. The fraction of sp³-hybridized carbons (Fsp3) is 0.240. The van der Waals surface area contributed by atoms with Crippen molar-refractivity contribution in [1.29, 1.82) is 0 Å². The first-order valence-corrected chi connectivity index (χ1v) is 12.3. The Balaban J connectivity index is 1.60. The molecule has 5 nitrogen and oxygen atoms in total. The smallest absolute Gasteiger partial charge is 0.271 e. The predicted molar refractivity (Wildman–Crippen MR) is 135 cm³/mol. The molecule has 0 saturated carbocycles. The number of rotatable bonds is 6. The van der Waals surface area contributed by atoms with Crippen molar-refractivity contribution in [2.45, 2.75) is 32.3 Å². The van der Waals surface area contributed by atoms with Gasteiger partial charge in [0.05, 0.1) is 11.3 Å². The summed E-state index contributed by atoms with van der Waals surface area (Å²) in [7, 11) is 1.71. The van der Waals surface area contributed by atoms with Crippen LogP contribution in [0.4, 0.5) is 5.69 Å². The van der Waals surface area contributed by atoms with Crippen LogP contribution in [0.15, 0.2) is 57.8 Å². The molecular weight excluding hydrogens is 438 g/mol. The van der Waals surface area contributed by atoms with Crippen LogP contribution in [0.5, 0.6) is 0 Å². The van der Waals surface area contributed by atoms with Crippen molar-refractivity contribution >= 4 is 44.9 Å². The zero-order valence-corrected chi connectivity index (χ0v) is 20.2. The third kappa shape index (κ3) is 4.36. The molecule has 0 atom stereocenters. The predicted octanol–water partition coefficient (Wildman–Crippen LogP) is 5.57. The van der Waals surface area contributed by atoms with E-state index in [9.17, 15) is 9.59 Å². The van der Waals surface area contributed by atoms with Crippen molar-refractivity contribution < 1.29 is 4.79 Å². The number of thioether (sulfide) groups is 1. The number of para-hydroxylation sites is 1.